The van der Waals surface area contributed by atoms with Crippen LogP contribution in [-0.4, -0.2) is 13.4 Å². The van der Waals surface area contributed by atoms with E-state index < -0.39 is 0 Å². The Morgan fingerprint density at radius 2 is 1.90 bits per heavy atom. The highest BCUT2D eigenvalue weighted by molar-refractivity contribution is 5.55. The molecule has 1 aliphatic heterocycles. The molecule has 2 aromatic carbocycles. The molecule has 1 heterocycles. The zero-order valence-corrected chi connectivity index (χ0v) is 12.0. The number of benzene rings is 2. The van der Waals surface area contributed by atoms with Gasteiger partial charge in [0, 0.05) is 17.5 Å². The molecule has 108 valence electrons. The first-order valence-electron chi connectivity index (χ1n) is 7.07. The van der Waals surface area contributed by atoms with Crippen molar-refractivity contribution >= 4 is 0 Å². The van der Waals surface area contributed by atoms with Crippen molar-refractivity contribution in [3.05, 3.63) is 66.2 Å². The first kappa shape index (κ1) is 13.6. The monoisotopic (exact) mass is 282 g/mol. The molecule has 3 rings (SSSR count). The lowest BCUT2D eigenvalue weighted by Gasteiger charge is -2.18. The summed E-state index contributed by atoms with van der Waals surface area (Å²) in [5, 5.41) is 0. The lowest BCUT2D eigenvalue weighted by Crippen LogP contribution is -2.03. The van der Waals surface area contributed by atoms with Crippen LogP contribution in [-0.2, 0) is 0 Å². The maximum atomic E-state index is 5.78. The highest BCUT2D eigenvalue weighted by Crippen LogP contribution is 2.42. The summed E-state index contributed by atoms with van der Waals surface area (Å²) in [6, 6.07) is 14.1. The molecule has 1 unspecified atom stereocenters. The lowest BCUT2D eigenvalue weighted by atomic mass is 9.90. The highest BCUT2D eigenvalue weighted by atomic mass is 16.7. The van der Waals surface area contributed by atoms with Crippen LogP contribution in [0.3, 0.4) is 0 Å². The third kappa shape index (κ3) is 2.59. The van der Waals surface area contributed by atoms with Crippen LogP contribution in [0.2, 0.25) is 0 Å². The number of ether oxygens (including phenoxy) is 3. The van der Waals surface area contributed by atoms with E-state index >= 15 is 0 Å². The van der Waals surface area contributed by atoms with Gasteiger partial charge in [-0.15, -0.1) is 6.58 Å². The molecule has 21 heavy (non-hydrogen) atoms. The van der Waals surface area contributed by atoms with E-state index in [9.17, 15) is 0 Å². The minimum atomic E-state index is 0.0576. The van der Waals surface area contributed by atoms with Crippen molar-refractivity contribution in [2.24, 2.45) is 0 Å². The van der Waals surface area contributed by atoms with Crippen molar-refractivity contribution in [1.29, 1.82) is 0 Å². The van der Waals surface area contributed by atoms with Crippen molar-refractivity contribution in [3.63, 3.8) is 0 Å². The van der Waals surface area contributed by atoms with Gasteiger partial charge in [-0.3, -0.25) is 0 Å². The van der Waals surface area contributed by atoms with Crippen LogP contribution in [0.1, 0.15) is 24.0 Å². The average Bonchev–Trinajstić information content (AvgIpc) is 2.97. The fourth-order valence-corrected chi connectivity index (χ4v) is 2.57. The van der Waals surface area contributed by atoms with Gasteiger partial charge in [-0.25, -0.2) is 0 Å². The number of hydrogen-bond donors (Lipinski definition) is 0. The third-order valence-electron chi connectivity index (χ3n) is 3.53. The second-order valence-electron chi connectivity index (χ2n) is 4.80. The van der Waals surface area contributed by atoms with Crippen molar-refractivity contribution < 1.29 is 14.2 Å². The summed E-state index contributed by atoms with van der Waals surface area (Å²) in [6.45, 7) is 6.81. The van der Waals surface area contributed by atoms with E-state index in [0.717, 1.165) is 22.8 Å². The van der Waals surface area contributed by atoms with Crippen LogP contribution < -0.4 is 14.2 Å². The molecule has 0 N–H and O–H groups in total. The first-order valence-corrected chi connectivity index (χ1v) is 7.07. The molecule has 0 bridgehead atoms. The molecule has 0 saturated carbocycles. The summed E-state index contributed by atoms with van der Waals surface area (Å²) in [7, 11) is 0. The third-order valence-corrected chi connectivity index (χ3v) is 3.53. The summed E-state index contributed by atoms with van der Waals surface area (Å²) >= 11 is 0. The second kappa shape index (κ2) is 5.92. The van der Waals surface area contributed by atoms with E-state index in [-0.39, 0.29) is 12.7 Å². The molecule has 1 aliphatic rings. The molecule has 0 radical (unpaired) electrons. The number of rotatable bonds is 5. The summed E-state index contributed by atoms with van der Waals surface area (Å²) in [6.07, 6.45) is 1.93. The van der Waals surface area contributed by atoms with Crippen molar-refractivity contribution in [2.45, 2.75) is 12.8 Å². The summed E-state index contributed by atoms with van der Waals surface area (Å²) in [5.74, 6) is 2.37. The molecule has 0 spiro atoms. The number of fused-ring (bicyclic) bond motifs is 1. The van der Waals surface area contributed by atoms with Crippen LogP contribution in [0, 0.1) is 0 Å². The smallest absolute Gasteiger partial charge is 0.231 e. The van der Waals surface area contributed by atoms with Gasteiger partial charge in [0.15, 0.2) is 11.5 Å². The van der Waals surface area contributed by atoms with Gasteiger partial charge in [-0.05, 0) is 18.6 Å². The number of allylic oxidation sites excluding steroid dienone is 1. The van der Waals surface area contributed by atoms with Crippen LogP contribution in [0.5, 0.6) is 17.2 Å². The quantitative estimate of drug-likeness (QED) is 0.772. The predicted molar refractivity (Wildman–Crippen MR) is 82.2 cm³/mol. The topological polar surface area (TPSA) is 27.7 Å². The standard InChI is InChI=1S/C18H18O3/c1-3-14(13-8-6-5-7-9-13)15-10-17-18(21-12-20-17)11-16(15)19-4-2/h3,5-11,14H,1,4,12H2,2H3. The van der Waals surface area contributed by atoms with Gasteiger partial charge >= 0.3 is 0 Å². The largest absolute Gasteiger partial charge is 0.493 e. The van der Waals surface area contributed by atoms with E-state index in [1.54, 1.807) is 0 Å². The molecular weight excluding hydrogens is 264 g/mol. The van der Waals surface area contributed by atoms with Crippen molar-refractivity contribution in [1.82, 2.24) is 0 Å². The molecule has 3 heteroatoms. The van der Waals surface area contributed by atoms with Gasteiger partial charge in [-0.1, -0.05) is 36.4 Å². The molecule has 0 aromatic heterocycles. The molecular formula is C18H18O3. The van der Waals surface area contributed by atoms with E-state index in [1.165, 1.54) is 5.56 Å². The molecule has 3 nitrogen and oxygen atoms in total. The zero-order chi connectivity index (χ0) is 14.7. The molecule has 0 fully saturated rings. The first-order chi connectivity index (χ1) is 10.3. The fraction of sp³-hybridized carbons (Fsp3) is 0.222. The molecule has 0 amide bonds. The van der Waals surface area contributed by atoms with Gasteiger partial charge in [0.05, 0.1) is 6.61 Å². The van der Waals surface area contributed by atoms with E-state index in [2.05, 4.69) is 18.7 Å². The SMILES string of the molecule is C=CC(c1ccccc1)c1cc2c(cc1OCC)OCO2. The van der Waals surface area contributed by atoms with Crippen LogP contribution >= 0.6 is 0 Å². The van der Waals surface area contributed by atoms with Crippen molar-refractivity contribution in [3.8, 4) is 17.2 Å². The summed E-state index contributed by atoms with van der Waals surface area (Å²) in [5.41, 5.74) is 2.22. The lowest BCUT2D eigenvalue weighted by molar-refractivity contribution is 0.173. The normalized spacial score (nSPS) is 13.8. The van der Waals surface area contributed by atoms with E-state index in [4.69, 9.17) is 14.2 Å². The Labute approximate surface area is 124 Å². The van der Waals surface area contributed by atoms with E-state index in [0.29, 0.717) is 6.61 Å². The van der Waals surface area contributed by atoms with Crippen LogP contribution in [0.25, 0.3) is 0 Å². The van der Waals surface area contributed by atoms with Crippen molar-refractivity contribution in [2.75, 3.05) is 13.4 Å². The maximum Gasteiger partial charge on any atom is 0.231 e. The Hall–Kier alpha value is -2.42. The fourth-order valence-electron chi connectivity index (χ4n) is 2.57. The van der Waals surface area contributed by atoms with E-state index in [1.807, 2.05) is 43.3 Å². The van der Waals surface area contributed by atoms with Gasteiger partial charge in [-0.2, -0.15) is 0 Å². The number of hydrogen-bond acceptors (Lipinski definition) is 3. The second-order valence-corrected chi connectivity index (χ2v) is 4.80. The minimum absolute atomic E-state index is 0.0576. The minimum Gasteiger partial charge on any atom is -0.493 e. The van der Waals surface area contributed by atoms with Gasteiger partial charge in [0.1, 0.15) is 5.75 Å². The van der Waals surface area contributed by atoms with Crippen LogP contribution in [0.4, 0.5) is 0 Å². The molecule has 0 saturated heterocycles. The summed E-state index contributed by atoms with van der Waals surface area (Å²) in [4.78, 5) is 0. The Balaban J connectivity index is 2.08. The summed E-state index contributed by atoms with van der Waals surface area (Å²) < 4.78 is 16.7. The highest BCUT2D eigenvalue weighted by Gasteiger charge is 2.22. The van der Waals surface area contributed by atoms with Crippen LogP contribution in [0.15, 0.2) is 55.1 Å². The molecule has 0 aliphatic carbocycles. The zero-order valence-electron chi connectivity index (χ0n) is 12.0. The Morgan fingerprint density at radius 1 is 1.19 bits per heavy atom. The van der Waals surface area contributed by atoms with Gasteiger partial charge < -0.3 is 14.2 Å². The average molecular weight is 282 g/mol. The Morgan fingerprint density at radius 3 is 2.57 bits per heavy atom. The van der Waals surface area contributed by atoms with Gasteiger partial charge in [0.2, 0.25) is 6.79 Å². The maximum absolute atomic E-state index is 5.78. The predicted octanol–water partition coefficient (Wildman–Crippen LogP) is 4.13. The Bertz CT molecular complexity index is 634. The molecule has 2 aromatic rings. The molecule has 1 atom stereocenters. The Kier molecular flexibility index (Phi) is 3.82. The van der Waals surface area contributed by atoms with Gasteiger partial charge in [0.25, 0.3) is 0 Å².